The Bertz CT molecular complexity index is 417. The molecule has 1 aliphatic carbocycles. The van der Waals surface area contributed by atoms with Crippen molar-refractivity contribution in [2.24, 2.45) is 5.92 Å². The van der Waals surface area contributed by atoms with Gasteiger partial charge in [0.1, 0.15) is 5.82 Å². The lowest BCUT2D eigenvalue weighted by Crippen LogP contribution is -2.32. The van der Waals surface area contributed by atoms with Crippen LogP contribution in [0.4, 0.5) is 4.39 Å². The topological polar surface area (TPSA) is 35.8 Å². The van der Waals surface area contributed by atoms with Gasteiger partial charge in [0.25, 0.3) is 0 Å². The van der Waals surface area contributed by atoms with Crippen LogP contribution in [0.25, 0.3) is 0 Å². The first-order valence-electron chi connectivity index (χ1n) is 7.62. The molecule has 0 aliphatic heterocycles. The number of hydrogen-bond donors (Lipinski definition) is 1. The Hall–Kier alpha value is -1.40. The standard InChI is InChI=1S/C15H19FN2.C2H6/c16-14-3-1-2-13(10-14)11-18-15-6-4-12(5-7-15)8-9-17;1-2/h1-3,10,12,15,18H,4-8,11H2;1-2H3. The zero-order valence-corrected chi connectivity index (χ0v) is 12.5. The number of benzene rings is 1. The number of hydrogen-bond acceptors (Lipinski definition) is 2. The van der Waals surface area contributed by atoms with Crippen LogP contribution in [-0.2, 0) is 6.54 Å². The maximum atomic E-state index is 13.0. The molecule has 1 aromatic rings. The van der Waals surface area contributed by atoms with E-state index in [2.05, 4.69) is 11.4 Å². The van der Waals surface area contributed by atoms with Gasteiger partial charge in [-0.05, 0) is 49.3 Å². The van der Waals surface area contributed by atoms with Gasteiger partial charge in [-0.25, -0.2) is 4.39 Å². The van der Waals surface area contributed by atoms with Crippen LogP contribution < -0.4 is 5.32 Å². The summed E-state index contributed by atoms with van der Waals surface area (Å²) >= 11 is 0. The molecule has 1 saturated carbocycles. The van der Waals surface area contributed by atoms with Crippen molar-refractivity contribution in [3.8, 4) is 6.07 Å². The number of nitriles is 1. The first-order valence-corrected chi connectivity index (χ1v) is 7.62. The highest BCUT2D eigenvalue weighted by molar-refractivity contribution is 5.16. The minimum Gasteiger partial charge on any atom is -0.310 e. The van der Waals surface area contributed by atoms with Crippen molar-refractivity contribution in [1.82, 2.24) is 5.32 Å². The SMILES string of the molecule is CC.N#CCC1CCC(NCc2cccc(F)c2)CC1. The van der Waals surface area contributed by atoms with E-state index in [0.717, 1.165) is 37.8 Å². The summed E-state index contributed by atoms with van der Waals surface area (Å²) in [4.78, 5) is 0. The molecule has 2 nitrogen and oxygen atoms in total. The van der Waals surface area contributed by atoms with Crippen molar-refractivity contribution >= 4 is 0 Å². The largest absolute Gasteiger partial charge is 0.310 e. The molecule has 1 fully saturated rings. The quantitative estimate of drug-likeness (QED) is 0.884. The molecular formula is C17H25FN2. The van der Waals surface area contributed by atoms with Crippen LogP contribution in [0.3, 0.4) is 0 Å². The zero-order chi connectivity index (χ0) is 14.8. The molecule has 0 amide bonds. The lowest BCUT2D eigenvalue weighted by Gasteiger charge is -2.28. The predicted molar refractivity (Wildman–Crippen MR) is 80.6 cm³/mol. The molecule has 0 bridgehead atoms. The van der Waals surface area contributed by atoms with Gasteiger partial charge in [0.15, 0.2) is 0 Å². The first-order chi connectivity index (χ1) is 9.78. The second kappa shape index (κ2) is 9.50. The highest BCUT2D eigenvalue weighted by atomic mass is 19.1. The molecule has 0 radical (unpaired) electrons. The van der Waals surface area contributed by atoms with Crippen molar-refractivity contribution < 1.29 is 4.39 Å². The number of rotatable bonds is 4. The van der Waals surface area contributed by atoms with Crippen molar-refractivity contribution in [1.29, 1.82) is 5.26 Å². The Morgan fingerprint density at radius 3 is 2.55 bits per heavy atom. The third kappa shape index (κ3) is 5.71. The first kappa shape index (κ1) is 16.7. The summed E-state index contributed by atoms with van der Waals surface area (Å²) in [6.07, 6.45) is 5.21. The van der Waals surface area contributed by atoms with Crippen LogP contribution in [0, 0.1) is 23.1 Å². The molecule has 2 rings (SSSR count). The van der Waals surface area contributed by atoms with Crippen LogP contribution in [0.5, 0.6) is 0 Å². The van der Waals surface area contributed by atoms with E-state index in [1.807, 2.05) is 19.9 Å². The minimum absolute atomic E-state index is 0.174. The van der Waals surface area contributed by atoms with Crippen molar-refractivity contribution in [2.75, 3.05) is 0 Å². The van der Waals surface area contributed by atoms with Crippen LogP contribution in [0.1, 0.15) is 51.5 Å². The van der Waals surface area contributed by atoms with E-state index < -0.39 is 0 Å². The van der Waals surface area contributed by atoms with E-state index in [-0.39, 0.29) is 5.82 Å². The van der Waals surface area contributed by atoms with E-state index in [4.69, 9.17) is 5.26 Å². The van der Waals surface area contributed by atoms with E-state index in [1.165, 1.54) is 6.07 Å². The molecule has 3 heteroatoms. The molecule has 1 N–H and O–H groups in total. The van der Waals surface area contributed by atoms with Crippen LogP contribution in [0.15, 0.2) is 24.3 Å². The molecule has 0 atom stereocenters. The summed E-state index contributed by atoms with van der Waals surface area (Å²) in [6.45, 7) is 4.73. The summed E-state index contributed by atoms with van der Waals surface area (Å²) in [5.41, 5.74) is 0.995. The van der Waals surface area contributed by atoms with Gasteiger partial charge in [-0.15, -0.1) is 0 Å². The smallest absolute Gasteiger partial charge is 0.123 e. The summed E-state index contributed by atoms with van der Waals surface area (Å²) in [5.74, 6) is 0.411. The van der Waals surface area contributed by atoms with Gasteiger partial charge < -0.3 is 5.32 Å². The molecule has 1 aliphatic rings. The number of nitrogens with zero attached hydrogens (tertiary/aromatic N) is 1. The lowest BCUT2D eigenvalue weighted by atomic mass is 9.84. The average Bonchev–Trinajstić information content (AvgIpc) is 2.49. The Morgan fingerprint density at radius 1 is 1.25 bits per heavy atom. The molecule has 0 saturated heterocycles. The Morgan fingerprint density at radius 2 is 1.95 bits per heavy atom. The molecule has 0 aromatic heterocycles. The predicted octanol–water partition coefficient (Wildman–Crippen LogP) is 4.41. The summed E-state index contributed by atoms with van der Waals surface area (Å²) in [7, 11) is 0. The highest BCUT2D eigenvalue weighted by Gasteiger charge is 2.20. The van der Waals surface area contributed by atoms with Crippen molar-refractivity contribution in [3.05, 3.63) is 35.6 Å². The maximum absolute atomic E-state index is 13.0. The molecule has 0 spiro atoms. The van der Waals surface area contributed by atoms with Crippen molar-refractivity contribution in [3.63, 3.8) is 0 Å². The highest BCUT2D eigenvalue weighted by Crippen LogP contribution is 2.26. The molecule has 0 unspecified atom stereocenters. The fraction of sp³-hybridized carbons (Fsp3) is 0.588. The fourth-order valence-electron chi connectivity index (χ4n) is 2.61. The van der Waals surface area contributed by atoms with E-state index >= 15 is 0 Å². The third-order valence-electron chi connectivity index (χ3n) is 3.71. The van der Waals surface area contributed by atoms with Gasteiger partial charge in [-0.1, -0.05) is 26.0 Å². The van der Waals surface area contributed by atoms with Gasteiger partial charge in [-0.2, -0.15) is 5.26 Å². The fourth-order valence-corrected chi connectivity index (χ4v) is 2.61. The van der Waals surface area contributed by atoms with Crippen LogP contribution >= 0.6 is 0 Å². The average molecular weight is 276 g/mol. The van der Waals surface area contributed by atoms with Gasteiger partial charge in [-0.3, -0.25) is 0 Å². The number of nitrogens with one attached hydrogen (secondary N) is 1. The Kier molecular flexibility index (Phi) is 7.91. The van der Waals surface area contributed by atoms with Gasteiger partial charge >= 0.3 is 0 Å². The van der Waals surface area contributed by atoms with Crippen LogP contribution in [0.2, 0.25) is 0 Å². The van der Waals surface area contributed by atoms with E-state index in [0.29, 0.717) is 18.4 Å². The summed E-state index contributed by atoms with van der Waals surface area (Å²) in [6, 6.07) is 9.51. The monoisotopic (exact) mass is 276 g/mol. The zero-order valence-electron chi connectivity index (χ0n) is 12.5. The van der Waals surface area contributed by atoms with Gasteiger partial charge in [0, 0.05) is 19.0 Å². The molecule has 1 aromatic carbocycles. The molecule has 110 valence electrons. The lowest BCUT2D eigenvalue weighted by molar-refractivity contribution is 0.294. The van der Waals surface area contributed by atoms with E-state index in [9.17, 15) is 4.39 Å². The molecular weight excluding hydrogens is 251 g/mol. The van der Waals surface area contributed by atoms with Gasteiger partial charge in [0.2, 0.25) is 0 Å². The Labute approximate surface area is 122 Å². The third-order valence-corrected chi connectivity index (χ3v) is 3.71. The van der Waals surface area contributed by atoms with Crippen molar-refractivity contribution in [2.45, 2.75) is 58.5 Å². The normalized spacial score (nSPS) is 21.5. The molecule has 20 heavy (non-hydrogen) atoms. The number of halogens is 1. The minimum atomic E-state index is -0.174. The van der Waals surface area contributed by atoms with Gasteiger partial charge in [0.05, 0.1) is 6.07 Å². The second-order valence-electron chi connectivity index (χ2n) is 5.09. The second-order valence-corrected chi connectivity index (χ2v) is 5.09. The van der Waals surface area contributed by atoms with Crippen LogP contribution in [-0.4, -0.2) is 6.04 Å². The summed E-state index contributed by atoms with van der Waals surface area (Å²) < 4.78 is 13.0. The van der Waals surface area contributed by atoms with E-state index in [1.54, 1.807) is 12.1 Å². The Balaban J connectivity index is 0.000000956. The maximum Gasteiger partial charge on any atom is 0.123 e. The molecule has 0 heterocycles. The summed E-state index contributed by atoms with van der Waals surface area (Å²) in [5, 5.41) is 12.1.